The van der Waals surface area contributed by atoms with E-state index in [1.54, 1.807) is 0 Å². The second kappa shape index (κ2) is 30.5. The summed E-state index contributed by atoms with van der Waals surface area (Å²) in [5.74, 6) is -5.01. The normalized spacial score (nSPS) is 19.4. The number of hydrogen-bond acceptors (Lipinski definition) is 21. The minimum Gasteiger partial charge on any atom is -0.319 e. The fourth-order valence-corrected chi connectivity index (χ4v) is 8.37. The van der Waals surface area contributed by atoms with Gasteiger partial charge in [0.15, 0.2) is 0 Å². The second-order valence-electron chi connectivity index (χ2n) is 12.5. The second-order valence-corrected chi connectivity index (χ2v) is 20.8. The van der Waals surface area contributed by atoms with E-state index in [9.17, 15) is 55.9 Å². The Balaban J connectivity index is 5.09. The van der Waals surface area contributed by atoms with Crippen LogP contribution in [-0.4, -0.2) is 159 Å². The number of nitrogens with one attached hydrogen (secondary N) is 5. The molecular weight excluding hydrogens is 954 g/mol. The molecule has 0 bridgehead atoms. The van der Waals surface area contributed by atoms with Crippen LogP contribution >= 0.6 is 46.9 Å². The van der Waals surface area contributed by atoms with Crippen LogP contribution in [0.4, 0.5) is 8.96 Å². The van der Waals surface area contributed by atoms with E-state index in [-0.39, 0.29) is 19.6 Å². The van der Waals surface area contributed by atoms with Gasteiger partial charge in [-0.3, -0.25) is 45.2 Å². The van der Waals surface area contributed by atoms with Crippen LogP contribution in [0.25, 0.3) is 0 Å². The first kappa shape index (κ1) is 60.3. The smallest absolute Gasteiger partial charge is 0.319 e. The molecule has 0 aromatic rings. The summed E-state index contributed by atoms with van der Waals surface area (Å²) in [6, 6.07) is 0. The zero-order valence-corrected chi connectivity index (χ0v) is 37.9. The summed E-state index contributed by atoms with van der Waals surface area (Å²) in [4.78, 5) is 75.8. The van der Waals surface area contributed by atoms with Crippen molar-refractivity contribution in [2.75, 3.05) is 120 Å². The van der Waals surface area contributed by atoms with Gasteiger partial charge in [0, 0.05) is 62.3 Å². The third-order valence-electron chi connectivity index (χ3n) is 6.95. The third-order valence-corrected chi connectivity index (χ3v) is 11.7. The van der Waals surface area contributed by atoms with Crippen LogP contribution in [0.5, 0.6) is 0 Å². The van der Waals surface area contributed by atoms with E-state index in [1.807, 2.05) is 0 Å². The molecule has 8 unspecified atom stereocenters. The first-order chi connectivity index (χ1) is 27.7. The fourth-order valence-electron chi connectivity index (χ4n) is 4.06. The molecule has 8 atom stereocenters. The maximum atomic E-state index is 12.9. The molecule has 0 aliphatic rings. The average molecular weight is 1010 g/mol. The Morgan fingerprint density at radius 3 is 0.667 bits per heavy atom. The van der Waals surface area contributed by atoms with Crippen molar-refractivity contribution in [2.45, 2.75) is 0 Å². The first-order valence-corrected chi connectivity index (χ1v) is 26.2. The number of rotatable bonds is 40. The van der Waals surface area contributed by atoms with Crippen LogP contribution in [0.2, 0.25) is 0 Å². The lowest BCUT2D eigenvalue weighted by Crippen LogP contribution is -2.28. The molecule has 0 aliphatic carbocycles. The molecule has 0 aromatic carbocycles. The van der Waals surface area contributed by atoms with E-state index >= 15 is 0 Å². The molecule has 0 saturated carbocycles. The van der Waals surface area contributed by atoms with E-state index in [2.05, 4.69) is 25.0 Å². The highest BCUT2D eigenvalue weighted by atomic mass is 31.2. The summed E-state index contributed by atoms with van der Waals surface area (Å²) in [7, 11) is -24.9. The lowest BCUT2D eigenvalue weighted by Gasteiger charge is -2.23. The van der Waals surface area contributed by atoms with E-state index < -0.39 is 156 Å². The zero-order valence-electron chi connectivity index (χ0n) is 32.5. The highest BCUT2D eigenvalue weighted by Crippen LogP contribution is 2.48. The van der Waals surface area contributed by atoms with Gasteiger partial charge < -0.3 is 55.1 Å². The summed E-state index contributed by atoms with van der Waals surface area (Å²) in [6.45, 7) is -7.96. The predicted octanol–water partition coefficient (Wildman–Crippen LogP) is -0.573. The maximum absolute atomic E-state index is 12.9. The van der Waals surface area contributed by atoms with Crippen molar-refractivity contribution in [1.82, 2.24) is 27.0 Å². The van der Waals surface area contributed by atoms with Crippen LogP contribution < -0.4 is 27.0 Å². The molecule has 362 valence electrons. The van der Waals surface area contributed by atoms with Crippen molar-refractivity contribution in [3.8, 4) is 0 Å². The highest BCUT2D eigenvalue weighted by molar-refractivity contribution is 7.48. The van der Waals surface area contributed by atoms with Crippen molar-refractivity contribution in [2.24, 2.45) is 29.6 Å². The Kier molecular flexibility index (Phi) is 30.7. The molecule has 0 aliphatic heterocycles. The van der Waals surface area contributed by atoms with Gasteiger partial charge in [-0.2, -0.15) is 11.1 Å². The standard InChI is InChI=1S/C23H57F2N5O24P6/c1-26-4-19(9-45-55(31,32)33)11-47-57(37,38)51-15-22(7-29-24)17-53-59(41,42)49-13-21(6-28-3)14-50-60(43,44)54-18-23(8-30-25)16-52-58(39,40)48-12-20(5-27-2)10-46-56(34,35)36/h19-23,26-30H,4-18H2,1-3H3,(H,37,38)(H,39,40)(H,41,42)(H,43,44)(H2,31,32,33)(H2,34,35,36). The number of phosphoric ester groups is 6. The molecule has 0 rings (SSSR count). The Hall–Kier alpha value is 0.320. The topological polar surface area (TPSA) is 417 Å². The van der Waals surface area contributed by atoms with Gasteiger partial charge in [-0.25, -0.2) is 27.4 Å². The van der Waals surface area contributed by atoms with Gasteiger partial charge in [-0.05, 0) is 21.1 Å². The molecule has 0 heterocycles. The van der Waals surface area contributed by atoms with Crippen molar-refractivity contribution < 1.29 is 121 Å². The lowest BCUT2D eigenvalue weighted by atomic mass is 10.2. The van der Waals surface area contributed by atoms with E-state index in [1.165, 1.54) is 32.2 Å². The average Bonchev–Trinajstić information content (AvgIpc) is 3.13. The minimum absolute atomic E-state index is 0.0426. The van der Waals surface area contributed by atoms with Gasteiger partial charge in [0.1, 0.15) is 0 Å². The van der Waals surface area contributed by atoms with Crippen LogP contribution in [-0.2, 0) is 72.6 Å². The van der Waals surface area contributed by atoms with Crippen molar-refractivity contribution in [3.63, 3.8) is 0 Å². The Bertz CT molecular complexity index is 1370. The molecule has 0 radical (unpaired) electrons. The van der Waals surface area contributed by atoms with E-state index in [0.717, 1.165) is 0 Å². The zero-order chi connectivity index (χ0) is 46.1. The van der Waals surface area contributed by atoms with Crippen LogP contribution in [0.3, 0.4) is 0 Å². The van der Waals surface area contributed by atoms with Crippen molar-refractivity contribution in [3.05, 3.63) is 0 Å². The SMILES string of the molecule is CNCC(COP(=O)(O)O)COP(=O)(O)OCC(CNF)COP(=O)(O)OCC(CNC)COP(=O)(O)OCC(CNF)COP(=O)(O)OCC(CNC)COP(=O)(O)O. The van der Waals surface area contributed by atoms with Gasteiger partial charge in [-0.15, -0.1) is 8.96 Å². The van der Waals surface area contributed by atoms with Gasteiger partial charge in [0.05, 0.1) is 66.1 Å². The van der Waals surface area contributed by atoms with Crippen LogP contribution in [0.15, 0.2) is 0 Å². The lowest BCUT2D eigenvalue weighted by molar-refractivity contribution is 0.0631. The molecule has 13 N–H and O–H groups in total. The summed E-state index contributed by atoms with van der Waals surface area (Å²) < 4.78 is 145. The summed E-state index contributed by atoms with van der Waals surface area (Å²) in [5, 5.41) is 8.01. The molecule has 37 heteroatoms. The molecular formula is C23H57F2N5O24P6. The van der Waals surface area contributed by atoms with Crippen molar-refractivity contribution in [1.29, 1.82) is 0 Å². The Morgan fingerprint density at radius 1 is 0.350 bits per heavy atom. The maximum Gasteiger partial charge on any atom is 0.472 e. The predicted molar refractivity (Wildman–Crippen MR) is 200 cm³/mol. The molecule has 0 spiro atoms. The highest BCUT2D eigenvalue weighted by Gasteiger charge is 2.32. The number of halogens is 2. The van der Waals surface area contributed by atoms with E-state index in [0.29, 0.717) is 0 Å². The van der Waals surface area contributed by atoms with Gasteiger partial charge >= 0.3 is 46.9 Å². The molecule has 0 aromatic heterocycles. The molecule has 60 heavy (non-hydrogen) atoms. The van der Waals surface area contributed by atoms with Gasteiger partial charge in [-0.1, -0.05) is 0 Å². The van der Waals surface area contributed by atoms with E-state index in [4.69, 9.17) is 55.8 Å². The molecule has 29 nitrogen and oxygen atoms in total. The molecule has 0 amide bonds. The van der Waals surface area contributed by atoms with Crippen molar-refractivity contribution >= 4 is 46.9 Å². The summed E-state index contributed by atoms with van der Waals surface area (Å²) >= 11 is 0. The molecule has 0 fully saturated rings. The van der Waals surface area contributed by atoms with Crippen LogP contribution in [0, 0.1) is 29.6 Å². The monoisotopic (exact) mass is 1010 g/mol. The fraction of sp³-hybridized carbons (Fsp3) is 1.00. The quantitative estimate of drug-likeness (QED) is 0.0270. The molecule has 0 saturated heterocycles. The number of hydrogen-bond donors (Lipinski definition) is 13. The third kappa shape index (κ3) is 33.8. The Morgan fingerprint density at radius 2 is 0.517 bits per heavy atom. The summed E-state index contributed by atoms with van der Waals surface area (Å²) in [6.07, 6.45) is 0. The number of phosphoric acid groups is 6. The van der Waals surface area contributed by atoms with Crippen LogP contribution in [0.1, 0.15) is 0 Å². The Labute approximate surface area is 344 Å². The first-order valence-electron chi connectivity index (χ1n) is 17.2. The van der Waals surface area contributed by atoms with Gasteiger partial charge in [0.2, 0.25) is 0 Å². The van der Waals surface area contributed by atoms with Gasteiger partial charge in [0.25, 0.3) is 0 Å². The summed E-state index contributed by atoms with van der Waals surface area (Å²) in [5.41, 5.74) is 2.48. The minimum atomic E-state index is -4.96. The largest absolute Gasteiger partial charge is 0.472 e.